The number of hydrogen-bond donors (Lipinski definition) is 1. The minimum Gasteiger partial charge on any atom is -0.551 e. The van der Waals surface area contributed by atoms with Crippen LogP contribution in [0.2, 0.25) is 5.02 Å². The zero-order valence-corrected chi connectivity index (χ0v) is 23.6. The van der Waals surface area contributed by atoms with Gasteiger partial charge in [-0.05, 0) is 85.9 Å². The predicted octanol–water partition coefficient (Wildman–Crippen LogP) is 4.26. The molecule has 3 aromatic carbocycles. The Morgan fingerprint density at radius 3 is 2.63 bits per heavy atom. The molecule has 0 bridgehead atoms. The first-order valence-electron chi connectivity index (χ1n) is 11.6. The molecule has 5 rings (SSSR count). The van der Waals surface area contributed by atoms with Gasteiger partial charge in [-0.2, -0.15) is 6.42 Å². The standard InChI is InChI=1S/C28H27ClNO3S.Na/c1-34-24-12-7-18(8-13-24)20-4-9-22(15-20)30-28(31)19-5-10-23(11-6-19)33-27-17-26-21(16-25(27)29)3-2-14-32-26;/h3,5-8,10-13,16-17,20,22H,2,4,9,14-15H2,1H3,(H,30,31);/q-1;+1. The quantitative estimate of drug-likeness (QED) is 0.303. The van der Waals surface area contributed by atoms with E-state index in [4.69, 9.17) is 21.1 Å². The fraction of sp³-hybridized carbons (Fsp3) is 0.286. The number of carbonyl (C=O) groups is 1. The van der Waals surface area contributed by atoms with Crippen LogP contribution in [0.1, 0.15) is 53.1 Å². The molecule has 1 fully saturated rings. The number of ether oxygens (including phenoxy) is 2. The summed E-state index contributed by atoms with van der Waals surface area (Å²) in [7, 11) is 0. The van der Waals surface area contributed by atoms with Crippen molar-refractivity contribution in [2.45, 2.75) is 42.5 Å². The molecule has 0 saturated heterocycles. The molecule has 4 nitrogen and oxygen atoms in total. The maximum atomic E-state index is 12.8. The van der Waals surface area contributed by atoms with Gasteiger partial charge in [0.2, 0.25) is 0 Å². The number of carbonyl (C=O) groups excluding carboxylic acids is 1. The average molecular weight is 516 g/mol. The third kappa shape index (κ3) is 6.33. The minimum atomic E-state index is -0.0503. The second-order valence-electron chi connectivity index (χ2n) is 8.74. The molecule has 2 atom stereocenters. The molecule has 1 heterocycles. The van der Waals surface area contributed by atoms with Gasteiger partial charge in [-0.15, -0.1) is 23.4 Å². The van der Waals surface area contributed by atoms with Gasteiger partial charge in [-0.25, -0.2) is 0 Å². The number of amides is 1. The van der Waals surface area contributed by atoms with Crippen molar-refractivity contribution in [2.24, 2.45) is 0 Å². The van der Waals surface area contributed by atoms with E-state index in [0.717, 1.165) is 37.0 Å². The summed E-state index contributed by atoms with van der Waals surface area (Å²) in [5.74, 6) is 2.38. The van der Waals surface area contributed by atoms with E-state index in [2.05, 4.69) is 42.3 Å². The van der Waals surface area contributed by atoms with Gasteiger partial charge in [0.05, 0.1) is 6.61 Å². The molecule has 2 aliphatic rings. The van der Waals surface area contributed by atoms with Crippen molar-refractivity contribution < 1.29 is 43.8 Å². The monoisotopic (exact) mass is 515 g/mol. The van der Waals surface area contributed by atoms with E-state index in [1.165, 1.54) is 10.5 Å². The van der Waals surface area contributed by atoms with E-state index in [9.17, 15) is 4.79 Å². The Morgan fingerprint density at radius 1 is 1.11 bits per heavy atom. The van der Waals surface area contributed by atoms with Crippen LogP contribution in [0.25, 0.3) is 0 Å². The summed E-state index contributed by atoms with van der Waals surface area (Å²) in [6, 6.07) is 19.8. The molecule has 7 heteroatoms. The maximum absolute atomic E-state index is 12.8. The van der Waals surface area contributed by atoms with E-state index < -0.39 is 0 Å². The topological polar surface area (TPSA) is 47.6 Å². The molecule has 0 radical (unpaired) electrons. The SMILES string of the molecule is CSc1ccc(C2CCC(NC(=O)c3ccc(Oc4cc5c(cc4Cl)[CH-]CCO5)cc3)C2)cc1.[Na+]. The number of hydrogen-bond acceptors (Lipinski definition) is 4. The summed E-state index contributed by atoms with van der Waals surface area (Å²) < 4.78 is 11.7. The van der Waals surface area contributed by atoms with Crippen molar-refractivity contribution in [3.63, 3.8) is 0 Å². The van der Waals surface area contributed by atoms with Gasteiger partial charge < -0.3 is 14.8 Å². The molecule has 0 aromatic heterocycles. The van der Waals surface area contributed by atoms with Crippen LogP contribution in [0.5, 0.6) is 17.2 Å². The van der Waals surface area contributed by atoms with E-state index in [0.29, 0.717) is 34.6 Å². The second-order valence-corrected chi connectivity index (χ2v) is 10.0. The van der Waals surface area contributed by atoms with Gasteiger partial charge in [0, 0.05) is 27.3 Å². The summed E-state index contributed by atoms with van der Waals surface area (Å²) in [6.07, 6.45) is 8.14. The van der Waals surface area contributed by atoms with Crippen LogP contribution in [0.4, 0.5) is 0 Å². The van der Waals surface area contributed by atoms with Crippen molar-refractivity contribution in [3.8, 4) is 17.2 Å². The van der Waals surface area contributed by atoms with Gasteiger partial charge in [0.25, 0.3) is 5.91 Å². The Morgan fingerprint density at radius 2 is 1.89 bits per heavy atom. The first-order valence-corrected chi connectivity index (χ1v) is 13.2. The van der Waals surface area contributed by atoms with E-state index in [1.54, 1.807) is 36.0 Å². The Hall–Kier alpha value is -1.76. The molecule has 1 amide bonds. The van der Waals surface area contributed by atoms with Gasteiger partial charge in [0.1, 0.15) is 11.5 Å². The Balaban J connectivity index is 0.00000289. The molecule has 1 aliphatic carbocycles. The zero-order valence-electron chi connectivity index (χ0n) is 20.1. The molecule has 2 unspecified atom stereocenters. The van der Waals surface area contributed by atoms with Crippen molar-refractivity contribution >= 4 is 29.3 Å². The van der Waals surface area contributed by atoms with Crippen LogP contribution >= 0.6 is 23.4 Å². The Kier molecular flexibility index (Phi) is 9.01. The second kappa shape index (κ2) is 12.0. The zero-order chi connectivity index (χ0) is 23.5. The fourth-order valence-electron chi connectivity index (χ4n) is 4.66. The number of nitrogens with one attached hydrogen (secondary N) is 1. The molecule has 176 valence electrons. The number of benzene rings is 3. The van der Waals surface area contributed by atoms with Crippen LogP contribution in [0.15, 0.2) is 65.6 Å². The molecule has 1 saturated carbocycles. The van der Waals surface area contributed by atoms with Crippen molar-refractivity contribution in [1.29, 1.82) is 0 Å². The number of fused-ring (bicyclic) bond motifs is 1. The van der Waals surface area contributed by atoms with Crippen LogP contribution in [0.3, 0.4) is 0 Å². The van der Waals surface area contributed by atoms with E-state index >= 15 is 0 Å². The molecule has 1 N–H and O–H groups in total. The molecular weight excluding hydrogens is 489 g/mol. The minimum absolute atomic E-state index is 0. The third-order valence-corrected chi connectivity index (χ3v) is 7.54. The Labute approximate surface area is 238 Å². The first-order chi connectivity index (χ1) is 16.6. The summed E-state index contributed by atoms with van der Waals surface area (Å²) in [5, 5.41) is 3.73. The van der Waals surface area contributed by atoms with E-state index in [-0.39, 0.29) is 41.5 Å². The number of halogens is 1. The average Bonchev–Trinajstić information content (AvgIpc) is 3.33. The summed E-state index contributed by atoms with van der Waals surface area (Å²) in [5.41, 5.74) is 2.97. The largest absolute Gasteiger partial charge is 1.00 e. The maximum Gasteiger partial charge on any atom is 1.00 e. The van der Waals surface area contributed by atoms with Crippen LogP contribution in [-0.4, -0.2) is 24.8 Å². The van der Waals surface area contributed by atoms with Crippen LogP contribution in [0, 0.1) is 6.42 Å². The van der Waals surface area contributed by atoms with Crippen LogP contribution in [-0.2, 0) is 0 Å². The van der Waals surface area contributed by atoms with Gasteiger partial charge >= 0.3 is 29.6 Å². The van der Waals surface area contributed by atoms with E-state index in [1.807, 2.05) is 12.1 Å². The normalized spacial score (nSPS) is 18.5. The number of rotatable bonds is 6. The number of thioether (sulfide) groups is 1. The molecule has 0 spiro atoms. The molecule has 35 heavy (non-hydrogen) atoms. The summed E-state index contributed by atoms with van der Waals surface area (Å²) in [6.45, 7) is 0.657. The van der Waals surface area contributed by atoms with Crippen molar-refractivity contribution in [3.05, 3.63) is 88.8 Å². The van der Waals surface area contributed by atoms with Crippen LogP contribution < -0.4 is 44.3 Å². The molecular formula is C28H27ClNNaO3S. The smallest absolute Gasteiger partial charge is 0.551 e. The first kappa shape index (κ1) is 26.3. The van der Waals surface area contributed by atoms with Crippen molar-refractivity contribution in [1.82, 2.24) is 5.32 Å². The Bertz CT molecular complexity index is 1170. The fourth-order valence-corrected chi connectivity index (χ4v) is 5.28. The molecule has 1 aliphatic heterocycles. The molecule has 3 aromatic rings. The van der Waals surface area contributed by atoms with Crippen molar-refractivity contribution in [2.75, 3.05) is 12.9 Å². The van der Waals surface area contributed by atoms with Gasteiger partial charge in [-0.3, -0.25) is 4.79 Å². The van der Waals surface area contributed by atoms with Gasteiger partial charge in [-0.1, -0.05) is 23.7 Å². The predicted molar refractivity (Wildman–Crippen MR) is 138 cm³/mol. The summed E-state index contributed by atoms with van der Waals surface area (Å²) in [4.78, 5) is 14.1. The third-order valence-electron chi connectivity index (χ3n) is 6.50. The van der Waals surface area contributed by atoms with Gasteiger partial charge in [0.15, 0.2) is 0 Å². The summed E-state index contributed by atoms with van der Waals surface area (Å²) >= 11 is 8.15.